The lowest BCUT2D eigenvalue weighted by Gasteiger charge is -2.35. The van der Waals surface area contributed by atoms with Crippen molar-refractivity contribution in [1.82, 2.24) is 30.2 Å². The molecule has 37 heavy (non-hydrogen) atoms. The minimum Gasteiger partial charge on any atom is -0.377 e. The highest BCUT2D eigenvalue weighted by Crippen LogP contribution is 2.26. The van der Waals surface area contributed by atoms with E-state index in [4.69, 9.17) is 21.8 Å². The largest absolute Gasteiger partial charge is 0.493 e. The maximum absolute atomic E-state index is 12.4. The lowest BCUT2D eigenvalue weighted by Crippen LogP contribution is -2.57. The maximum Gasteiger partial charge on any atom is 0.493 e. The average molecular weight is 557 g/mol. The summed E-state index contributed by atoms with van der Waals surface area (Å²) in [6, 6.07) is 3.96. The van der Waals surface area contributed by atoms with Gasteiger partial charge in [-0.15, -0.1) is 0 Å². The highest BCUT2D eigenvalue weighted by atomic mass is 28.5. The fourth-order valence-corrected chi connectivity index (χ4v) is 10.3. The van der Waals surface area contributed by atoms with Crippen LogP contribution in [-0.2, 0) is 21.8 Å². The molecule has 2 rings (SSSR count). The first-order valence-corrected chi connectivity index (χ1v) is 15.9. The van der Waals surface area contributed by atoms with Crippen LogP contribution in [0.5, 0.6) is 0 Å². The molecule has 2 aromatic heterocycles. The molecule has 13 nitrogen and oxygen atoms in total. The lowest BCUT2D eigenvalue weighted by molar-refractivity contribution is 0.0859. The van der Waals surface area contributed by atoms with E-state index in [0.717, 1.165) is 22.8 Å². The molecule has 0 aliphatic heterocycles. The zero-order chi connectivity index (χ0) is 27.6. The van der Waals surface area contributed by atoms with Gasteiger partial charge in [0.25, 0.3) is 0 Å². The number of aromatic nitrogens is 4. The topological polar surface area (TPSA) is 140 Å². The van der Waals surface area contributed by atoms with E-state index >= 15 is 0 Å². The normalized spacial score (nSPS) is 12.1. The van der Waals surface area contributed by atoms with E-state index in [-0.39, 0.29) is 12.1 Å². The molecule has 15 heteroatoms. The minimum atomic E-state index is -3.18. The summed E-state index contributed by atoms with van der Waals surface area (Å²) in [4.78, 5) is 24.8. The van der Waals surface area contributed by atoms with Crippen LogP contribution in [0, 0.1) is 27.7 Å². The summed E-state index contributed by atoms with van der Waals surface area (Å²) in [5.74, 6) is 0. The number of nitrogens with one attached hydrogen (secondary N) is 2. The zero-order valence-electron chi connectivity index (χ0n) is 23.0. The second kappa shape index (κ2) is 13.9. The van der Waals surface area contributed by atoms with Crippen LogP contribution in [-0.4, -0.2) is 90.8 Å². The molecule has 0 aliphatic carbocycles. The first-order valence-electron chi connectivity index (χ1n) is 12.1. The van der Waals surface area contributed by atoms with Crippen LogP contribution in [0.2, 0.25) is 12.1 Å². The van der Waals surface area contributed by atoms with Gasteiger partial charge in [-0.3, -0.25) is 0 Å². The van der Waals surface area contributed by atoms with E-state index in [0.29, 0.717) is 38.0 Å². The van der Waals surface area contributed by atoms with Gasteiger partial charge in [0.05, 0.1) is 11.4 Å². The van der Waals surface area contributed by atoms with Gasteiger partial charge < -0.3 is 32.5 Å². The van der Waals surface area contributed by atoms with E-state index in [1.807, 2.05) is 39.8 Å². The van der Waals surface area contributed by atoms with Crippen molar-refractivity contribution in [3.63, 3.8) is 0 Å². The number of carbonyl (C=O) groups excluding carboxylic acids is 2. The molecule has 0 aliphatic rings. The average Bonchev–Trinajstić information content (AvgIpc) is 3.41. The van der Waals surface area contributed by atoms with Crippen LogP contribution in [0.25, 0.3) is 0 Å². The van der Waals surface area contributed by atoms with Crippen molar-refractivity contribution in [3.05, 3.63) is 34.9 Å². The van der Waals surface area contributed by atoms with Gasteiger partial charge in [0.2, 0.25) is 0 Å². The van der Waals surface area contributed by atoms with Crippen molar-refractivity contribution in [2.75, 3.05) is 41.5 Å². The summed E-state index contributed by atoms with van der Waals surface area (Å²) in [5, 5.41) is 14.1. The fourth-order valence-electron chi connectivity index (χ4n) is 3.90. The molecule has 208 valence electrons. The van der Waals surface area contributed by atoms with Crippen LogP contribution in [0.15, 0.2) is 12.1 Å². The van der Waals surface area contributed by atoms with Crippen LogP contribution in [0.1, 0.15) is 35.6 Å². The van der Waals surface area contributed by atoms with Crippen molar-refractivity contribution < 1.29 is 31.4 Å². The van der Waals surface area contributed by atoms with Crippen LogP contribution in [0.3, 0.4) is 0 Å². The third-order valence-electron chi connectivity index (χ3n) is 5.83. The Labute approximate surface area is 220 Å². The number of hydrogen-bond donors (Lipinski definition) is 2. The third kappa shape index (κ3) is 8.29. The lowest BCUT2D eigenvalue weighted by atomic mass is 10.4. The van der Waals surface area contributed by atoms with Crippen LogP contribution in [0.4, 0.5) is 9.59 Å². The summed E-state index contributed by atoms with van der Waals surface area (Å²) in [7, 11) is -0.239. The van der Waals surface area contributed by atoms with E-state index in [1.165, 1.54) is 37.8 Å². The Morgan fingerprint density at radius 2 is 1.08 bits per heavy atom. The third-order valence-corrected chi connectivity index (χ3v) is 12.7. The summed E-state index contributed by atoms with van der Waals surface area (Å²) >= 11 is 0. The maximum atomic E-state index is 12.4. The van der Waals surface area contributed by atoms with E-state index < -0.39 is 17.6 Å². The van der Waals surface area contributed by atoms with Gasteiger partial charge in [0.15, 0.2) is 0 Å². The second-order valence-corrected chi connectivity index (χ2v) is 14.8. The smallest absolute Gasteiger partial charge is 0.377 e. The summed E-state index contributed by atoms with van der Waals surface area (Å²) in [6.07, 6.45) is 1.10. The quantitative estimate of drug-likeness (QED) is 0.265. The fraction of sp³-hybridized carbons (Fsp3) is 0.636. The van der Waals surface area contributed by atoms with Crippen LogP contribution >= 0.6 is 0 Å². The SMILES string of the molecule is CO[Si](CCCNC(=O)n1nc(C)cc1C)(OC)O[Si](CCCNC(=O)n1nc(C)cc1C)(OC)OC. The number of aryl methyl sites for hydroxylation is 4. The van der Waals surface area contributed by atoms with Gasteiger partial charge in [-0.25, -0.2) is 9.59 Å². The standard InChI is InChI=1S/C22H40N6O7Si2/c1-17-15-19(3)27(25-17)21(29)23-11-9-13-36(31-5,32-6)35-37(33-7,34-8)14-10-12-24-22(30)28-20(4)16-18(2)26-28/h15-16H,9-14H2,1-8H3,(H,23,29)(H,24,30). The molecule has 0 radical (unpaired) electrons. The Bertz CT molecular complexity index is 957. The molecular weight excluding hydrogens is 516 g/mol. The molecular formula is C22H40N6O7Si2. The van der Waals surface area contributed by atoms with Crippen molar-refractivity contribution >= 4 is 29.7 Å². The molecule has 0 atom stereocenters. The summed E-state index contributed by atoms with van der Waals surface area (Å²) < 4.78 is 32.0. The molecule has 2 amide bonds. The van der Waals surface area contributed by atoms with Crippen molar-refractivity contribution in [3.8, 4) is 0 Å². The predicted octanol–water partition coefficient (Wildman–Crippen LogP) is 2.39. The van der Waals surface area contributed by atoms with Crippen molar-refractivity contribution in [2.24, 2.45) is 0 Å². The summed E-state index contributed by atoms with van der Waals surface area (Å²) in [6.45, 7) is 8.09. The van der Waals surface area contributed by atoms with Crippen molar-refractivity contribution in [2.45, 2.75) is 52.6 Å². The minimum absolute atomic E-state index is 0.298. The Morgan fingerprint density at radius 1 is 0.730 bits per heavy atom. The molecule has 2 N–H and O–H groups in total. The number of amides is 2. The van der Waals surface area contributed by atoms with E-state index in [9.17, 15) is 9.59 Å². The molecule has 0 bridgehead atoms. The predicted molar refractivity (Wildman–Crippen MR) is 140 cm³/mol. The summed E-state index contributed by atoms with van der Waals surface area (Å²) in [5.41, 5.74) is 3.08. The van der Waals surface area contributed by atoms with E-state index in [1.54, 1.807) is 0 Å². The first kappa shape index (κ1) is 30.8. The van der Waals surface area contributed by atoms with Crippen LogP contribution < -0.4 is 10.6 Å². The number of carbonyl (C=O) groups is 2. The first-order chi connectivity index (χ1) is 17.5. The molecule has 2 aromatic rings. The van der Waals surface area contributed by atoms with E-state index in [2.05, 4.69) is 20.8 Å². The Balaban J connectivity index is 1.91. The van der Waals surface area contributed by atoms with Gasteiger partial charge in [0.1, 0.15) is 0 Å². The highest BCUT2D eigenvalue weighted by Gasteiger charge is 2.51. The number of nitrogens with zero attached hydrogens (tertiary/aromatic N) is 4. The zero-order valence-corrected chi connectivity index (χ0v) is 25.0. The molecule has 0 spiro atoms. The Hall–Kier alpha value is -2.41. The second-order valence-electron chi connectivity index (χ2n) is 8.63. The molecule has 0 aromatic carbocycles. The monoisotopic (exact) mass is 556 g/mol. The number of rotatable bonds is 14. The van der Waals surface area contributed by atoms with Gasteiger partial charge in [-0.2, -0.15) is 19.6 Å². The molecule has 0 unspecified atom stereocenters. The molecule has 0 saturated heterocycles. The number of hydrogen-bond acceptors (Lipinski definition) is 9. The Kier molecular flexibility index (Phi) is 11.6. The van der Waals surface area contributed by atoms with Gasteiger partial charge >= 0.3 is 29.7 Å². The molecule has 2 heterocycles. The molecule has 0 saturated carbocycles. The highest BCUT2D eigenvalue weighted by molar-refractivity contribution is 6.75. The molecule has 0 fully saturated rings. The Morgan fingerprint density at radius 3 is 1.35 bits per heavy atom. The van der Waals surface area contributed by atoms with Crippen molar-refractivity contribution in [1.29, 1.82) is 0 Å². The van der Waals surface area contributed by atoms with Gasteiger partial charge in [-0.1, -0.05) is 0 Å². The van der Waals surface area contributed by atoms with Gasteiger partial charge in [0, 0.05) is 65.0 Å². The van der Waals surface area contributed by atoms with Gasteiger partial charge in [-0.05, 0) is 52.7 Å².